The molecule has 1 unspecified atom stereocenters. The molecule has 0 radical (unpaired) electrons. The molecule has 0 aliphatic carbocycles. The maximum Gasteiger partial charge on any atom is 0.322 e. The highest BCUT2D eigenvalue weighted by atomic mass is 35.5. The number of benzene rings is 2. The summed E-state index contributed by atoms with van der Waals surface area (Å²) in [5.74, 6) is 0.370. The van der Waals surface area contributed by atoms with Crippen LogP contribution in [0, 0.1) is 0 Å². The lowest BCUT2D eigenvalue weighted by molar-refractivity contribution is -0.119. The van der Waals surface area contributed by atoms with Crippen LogP contribution < -0.4 is 10.1 Å². The standard InChI is InChI=1S/C20H19ClN4O5S/c1-29-15-8-4-13(5-9-15)19-23-24-20(30-19)22-18(26)17-3-2-12-25(17)31(27,28)16-10-6-14(21)7-11-16/h4-11,17H,2-3,12H2,1H3,(H,22,24,26). The number of nitrogens with zero attached hydrogens (tertiary/aromatic N) is 3. The predicted octanol–water partition coefficient (Wildman–Crippen LogP) is 3.19. The average molecular weight is 463 g/mol. The van der Waals surface area contributed by atoms with Gasteiger partial charge in [-0.25, -0.2) is 8.42 Å². The van der Waals surface area contributed by atoms with E-state index in [1.807, 2.05) is 0 Å². The van der Waals surface area contributed by atoms with E-state index >= 15 is 0 Å². The summed E-state index contributed by atoms with van der Waals surface area (Å²) in [7, 11) is -2.29. The summed E-state index contributed by atoms with van der Waals surface area (Å²) in [4.78, 5) is 12.9. The third kappa shape index (κ3) is 4.41. The lowest BCUT2D eigenvalue weighted by Gasteiger charge is -2.22. The van der Waals surface area contributed by atoms with Gasteiger partial charge in [-0.2, -0.15) is 4.31 Å². The van der Waals surface area contributed by atoms with E-state index in [-0.39, 0.29) is 23.3 Å². The van der Waals surface area contributed by atoms with Crippen molar-refractivity contribution in [2.75, 3.05) is 19.0 Å². The Balaban J connectivity index is 1.49. The highest BCUT2D eigenvalue weighted by molar-refractivity contribution is 7.89. The Morgan fingerprint density at radius 2 is 1.87 bits per heavy atom. The van der Waals surface area contributed by atoms with Crippen molar-refractivity contribution in [1.29, 1.82) is 0 Å². The minimum atomic E-state index is -3.85. The van der Waals surface area contributed by atoms with E-state index in [1.54, 1.807) is 31.4 Å². The molecule has 1 amide bonds. The van der Waals surface area contributed by atoms with Gasteiger partial charge in [0.1, 0.15) is 11.8 Å². The Kier molecular flexibility index (Phi) is 5.94. The molecule has 9 nitrogen and oxygen atoms in total. The van der Waals surface area contributed by atoms with Gasteiger partial charge in [-0.3, -0.25) is 10.1 Å². The van der Waals surface area contributed by atoms with Crippen LogP contribution in [-0.2, 0) is 14.8 Å². The number of carbonyl (C=O) groups excluding carboxylic acids is 1. The van der Waals surface area contributed by atoms with Gasteiger partial charge in [0.05, 0.1) is 12.0 Å². The topological polar surface area (TPSA) is 115 Å². The summed E-state index contributed by atoms with van der Waals surface area (Å²) in [6.07, 6.45) is 0.948. The maximum absolute atomic E-state index is 13.0. The number of carbonyl (C=O) groups is 1. The molecular formula is C20H19ClN4O5S. The van der Waals surface area contributed by atoms with E-state index in [4.69, 9.17) is 20.8 Å². The summed E-state index contributed by atoms with van der Waals surface area (Å²) in [5, 5.41) is 10.7. The average Bonchev–Trinajstić information content (AvgIpc) is 3.44. The number of anilines is 1. The number of hydrogen-bond donors (Lipinski definition) is 1. The number of hydrogen-bond acceptors (Lipinski definition) is 7. The summed E-state index contributed by atoms with van der Waals surface area (Å²) < 4.78 is 37.8. The van der Waals surface area contributed by atoms with Gasteiger partial charge in [0.25, 0.3) is 0 Å². The Hall–Kier alpha value is -2.95. The summed E-state index contributed by atoms with van der Waals surface area (Å²) in [5.41, 5.74) is 0.654. The molecule has 1 N–H and O–H groups in total. The van der Waals surface area contributed by atoms with Crippen molar-refractivity contribution in [3.05, 3.63) is 53.6 Å². The van der Waals surface area contributed by atoms with Crippen molar-refractivity contribution in [3.8, 4) is 17.2 Å². The summed E-state index contributed by atoms with van der Waals surface area (Å²) in [6, 6.07) is 11.8. The number of sulfonamides is 1. The van der Waals surface area contributed by atoms with Crippen LogP contribution >= 0.6 is 11.6 Å². The monoisotopic (exact) mass is 462 g/mol. The zero-order chi connectivity index (χ0) is 22.0. The molecular weight excluding hydrogens is 444 g/mol. The van der Waals surface area contributed by atoms with Crippen molar-refractivity contribution in [3.63, 3.8) is 0 Å². The number of aromatic nitrogens is 2. The molecule has 11 heteroatoms. The van der Waals surface area contributed by atoms with Gasteiger partial charge in [0.15, 0.2) is 0 Å². The van der Waals surface area contributed by atoms with Crippen molar-refractivity contribution < 1.29 is 22.4 Å². The normalized spacial score (nSPS) is 16.9. The van der Waals surface area contributed by atoms with E-state index in [1.165, 1.54) is 28.6 Å². The van der Waals surface area contributed by atoms with E-state index in [0.29, 0.717) is 29.2 Å². The summed E-state index contributed by atoms with van der Waals surface area (Å²) >= 11 is 5.85. The first kappa shape index (κ1) is 21.3. The molecule has 1 atom stereocenters. The SMILES string of the molecule is COc1ccc(-c2nnc(NC(=O)C3CCCN3S(=O)(=O)c3ccc(Cl)cc3)o2)cc1. The van der Waals surface area contributed by atoms with Crippen molar-refractivity contribution in [1.82, 2.24) is 14.5 Å². The van der Waals surface area contributed by atoms with Crippen LogP contribution in [0.5, 0.6) is 5.75 Å². The Morgan fingerprint density at radius 3 is 2.55 bits per heavy atom. The first-order valence-corrected chi connectivity index (χ1v) is 11.3. The Labute approximate surface area is 184 Å². The molecule has 2 heterocycles. The Morgan fingerprint density at radius 1 is 1.16 bits per heavy atom. The molecule has 2 aromatic carbocycles. The lowest BCUT2D eigenvalue weighted by atomic mass is 10.2. The molecule has 4 rings (SSSR count). The third-order valence-corrected chi connectivity index (χ3v) is 7.09. The number of nitrogens with one attached hydrogen (secondary N) is 1. The predicted molar refractivity (Wildman–Crippen MR) is 113 cm³/mol. The largest absolute Gasteiger partial charge is 0.497 e. The molecule has 1 aliphatic rings. The number of rotatable bonds is 6. The molecule has 162 valence electrons. The number of ether oxygens (including phenoxy) is 1. The number of methoxy groups -OCH3 is 1. The van der Waals surface area contributed by atoms with Crippen molar-refractivity contribution >= 4 is 33.5 Å². The molecule has 1 fully saturated rings. The zero-order valence-corrected chi connectivity index (χ0v) is 18.1. The van der Waals surface area contributed by atoms with Crippen LogP contribution in [-0.4, -0.2) is 48.5 Å². The van der Waals surface area contributed by atoms with Crippen LogP contribution in [0.1, 0.15) is 12.8 Å². The quantitative estimate of drug-likeness (QED) is 0.598. The second-order valence-electron chi connectivity index (χ2n) is 6.86. The van der Waals surface area contributed by atoms with Gasteiger partial charge < -0.3 is 9.15 Å². The second kappa shape index (κ2) is 8.66. The third-order valence-electron chi connectivity index (χ3n) is 4.92. The minimum absolute atomic E-state index is 0.0798. The van der Waals surface area contributed by atoms with Gasteiger partial charge in [-0.1, -0.05) is 16.7 Å². The fraction of sp³-hybridized carbons (Fsp3) is 0.250. The molecule has 0 bridgehead atoms. The Bertz CT molecular complexity index is 1180. The van der Waals surface area contributed by atoms with E-state index < -0.39 is 22.0 Å². The fourth-order valence-corrected chi connectivity index (χ4v) is 5.13. The van der Waals surface area contributed by atoms with Gasteiger partial charge in [0, 0.05) is 17.1 Å². The zero-order valence-electron chi connectivity index (χ0n) is 16.5. The van der Waals surface area contributed by atoms with Gasteiger partial charge in [0.2, 0.25) is 21.8 Å². The van der Waals surface area contributed by atoms with Gasteiger partial charge in [-0.15, -0.1) is 5.10 Å². The van der Waals surface area contributed by atoms with E-state index in [2.05, 4.69) is 15.5 Å². The van der Waals surface area contributed by atoms with Crippen molar-refractivity contribution in [2.45, 2.75) is 23.8 Å². The first-order valence-electron chi connectivity index (χ1n) is 9.45. The molecule has 31 heavy (non-hydrogen) atoms. The van der Waals surface area contributed by atoms with Crippen LogP contribution in [0.25, 0.3) is 11.5 Å². The molecule has 1 aromatic heterocycles. The van der Waals surface area contributed by atoms with Crippen LogP contribution in [0.15, 0.2) is 57.8 Å². The van der Waals surface area contributed by atoms with Crippen LogP contribution in [0.2, 0.25) is 5.02 Å². The van der Waals surface area contributed by atoms with Gasteiger partial charge in [-0.05, 0) is 61.4 Å². The molecule has 3 aromatic rings. The molecule has 1 saturated heterocycles. The highest BCUT2D eigenvalue weighted by Crippen LogP contribution is 2.28. The van der Waals surface area contributed by atoms with E-state index in [0.717, 1.165) is 0 Å². The smallest absolute Gasteiger partial charge is 0.322 e. The first-order chi connectivity index (χ1) is 14.9. The summed E-state index contributed by atoms with van der Waals surface area (Å²) in [6.45, 7) is 0.240. The lowest BCUT2D eigenvalue weighted by Crippen LogP contribution is -2.43. The van der Waals surface area contributed by atoms with Crippen LogP contribution in [0.4, 0.5) is 6.01 Å². The number of amides is 1. The van der Waals surface area contributed by atoms with E-state index in [9.17, 15) is 13.2 Å². The highest BCUT2D eigenvalue weighted by Gasteiger charge is 2.39. The molecule has 0 spiro atoms. The van der Waals surface area contributed by atoms with Crippen molar-refractivity contribution in [2.24, 2.45) is 0 Å². The molecule has 1 aliphatic heterocycles. The second-order valence-corrected chi connectivity index (χ2v) is 9.18. The maximum atomic E-state index is 13.0. The van der Waals surface area contributed by atoms with Gasteiger partial charge >= 0.3 is 6.01 Å². The molecule has 0 saturated carbocycles. The minimum Gasteiger partial charge on any atom is -0.497 e. The van der Waals surface area contributed by atoms with Crippen LogP contribution in [0.3, 0.4) is 0 Å². The number of halogens is 1. The fourth-order valence-electron chi connectivity index (χ4n) is 3.34.